The molecule has 0 amide bonds. The molecule has 30 heavy (non-hydrogen) atoms. The molecule has 5 nitrogen and oxygen atoms in total. The van der Waals surface area contributed by atoms with Gasteiger partial charge < -0.3 is 4.74 Å². The Morgan fingerprint density at radius 1 is 1.10 bits per heavy atom. The van der Waals surface area contributed by atoms with E-state index in [1.165, 1.54) is 12.1 Å². The van der Waals surface area contributed by atoms with E-state index >= 15 is 0 Å². The van der Waals surface area contributed by atoms with Crippen molar-refractivity contribution in [2.24, 2.45) is 0 Å². The minimum absolute atomic E-state index is 0.107. The summed E-state index contributed by atoms with van der Waals surface area (Å²) in [6, 6.07) is 7.94. The van der Waals surface area contributed by atoms with Gasteiger partial charge >= 0.3 is 12.1 Å². The minimum atomic E-state index is -4.71. The van der Waals surface area contributed by atoms with Gasteiger partial charge in [0.1, 0.15) is 0 Å². The molecule has 0 saturated heterocycles. The van der Waals surface area contributed by atoms with Crippen LogP contribution in [0.2, 0.25) is 10.0 Å². The second-order valence-electron chi connectivity index (χ2n) is 6.12. The van der Waals surface area contributed by atoms with Gasteiger partial charge in [0.05, 0.1) is 23.5 Å². The Hall–Kier alpha value is -1.81. The SMILES string of the molecule is CCOC(=O)CCN(Cc1c(Cl)cccc1Cl)S(=O)(=O)c1cccc(C(F)(F)F)c1. The number of sulfonamides is 1. The van der Waals surface area contributed by atoms with E-state index in [-0.39, 0.29) is 41.7 Å². The Kier molecular flexibility index (Phi) is 8.15. The summed E-state index contributed by atoms with van der Waals surface area (Å²) in [7, 11) is -4.42. The Morgan fingerprint density at radius 2 is 1.70 bits per heavy atom. The molecule has 0 aliphatic rings. The molecule has 0 saturated carbocycles. The largest absolute Gasteiger partial charge is 0.466 e. The Bertz CT molecular complexity index is 993. The van der Waals surface area contributed by atoms with Crippen molar-refractivity contribution < 1.29 is 31.1 Å². The molecule has 0 bridgehead atoms. The summed E-state index contributed by atoms with van der Waals surface area (Å²) in [4.78, 5) is 11.2. The molecule has 11 heteroatoms. The van der Waals surface area contributed by atoms with Crippen LogP contribution in [0, 0.1) is 0 Å². The van der Waals surface area contributed by atoms with Gasteiger partial charge in [-0.15, -0.1) is 0 Å². The van der Waals surface area contributed by atoms with Crippen LogP contribution >= 0.6 is 23.2 Å². The number of carbonyl (C=O) groups excluding carboxylic acids is 1. The van der Waals surface area contributed by atoms with Crippen LogP contribution in [0.3, 0.4) is 0 Å². The quantitative estimate of drug-likeness (QED) is 0.486. The number of ether oxygens (including phenoxy) is 1. The monoisotopic (exact) mass is 483 g/mol. The summed E-state index contributed by atoms with van der Waals surface area (Å²) in [5.74, 6) is -0.646. The first-order valence-corrected chi connectivity index (χ1v) is 10.9. The van der Waals surface area contributed by atoms with Gasteiger partial charge in [-0.1, -0.05) is 35.3 Å². The van der Waals surface area contributed by atoms with Crippen molar-refractivity contribution in [2.45, 2.75) is 31.0 Å². The first-order chi connectivity index (χ1) is 14.0. The topological polar surface area (TPSA) is 63.7 Å². The highest BCUT2D eigenvalue weighted by Gasteiger charge is 2.33. The van der Waals surface area contributed by atoms with Crippen molar-refractivity contribution >= 4 is 39.2 Å². The fourth-order valence-electron chi connectivity index (χ4n) is 2.58. The third kappa shape index (κ3) is 6.10. The number of esters is 1. The van der Waals surface area contributed by atoms with Crippen LogP contribution in [0.1, 0.15) is 24.5 Å². The van der Waals surface area contributed by atoms with Crippen LogP contribution in [0.15, 0.2) is 47.4 Å². The van der Waals surface area contributed by atoms with Crippen molar-refractivity contribution in [1.82, 2.24) is 4.31 Å². The Morgan fingerprint density at radius 3 is 2.27 bits per heavy atom. The summed E-state index contributed by atoms with van der Waals surface area (Å²) in [5.41, 5.74) is -0.843. The normalized spacial score (nSPS) is 12.2. The third-order valence-electron chi connectivity index (χ3n) is 4.07. The van der Waals surface area contributed by atoms with Gasteiger partial charge in [0, 0.05) is 28.7 Å². The molecule has 2 rings (SSSR count). The fraction of sp³-hybridized carbons (Fsp3) is 0.316. The Balaban J connectivity index is 2.45. The fourth-order valence-corrected chi connectivity index (χ4v) is 4.55. The average Bonchev–Trinajstić information content (AvgIpc) is 2.66. The molecule has 0 unspecified atom stereocenters. The van der Waals surface area contributed by atoms with E-state index in [2.05, 4.69) is 0 Å². The van der Waals surface area contributed by atoms with E-state index in [0.29, 0.717) is 6.07 Å². The van der Waals surface area contributed by atoms with Gasteiger partial charge in [-0.25, -0.2) is 8.42 Å². The standard InChI is InChI=1S/C19H18Cl2F3NO4S/c1-2-29-18(26)9-10-25(12-15-16(20)7-4-8-17(15)21)30(27,28)14-6-3-5-13(11-14)19(22,23)24/h3-8,11H,2,9-10,12H2,1H3. The molecule has 0 radical (unpaired) electrons. The zero-order valence-corrected chi connectivity index (χ0v) is 18.1. The number of halogens is 5. The summed E-state index contributed by atoms with van der Waals surface area (Å²) in [6.45, 7) is 1.03. The lowest BCUT2D eigenvalue weighted by molar-refractivity contribution is -0.143. The molecular weight excluding hydrogens is 466 g/mol. The van der Waals surface area contributed by atoms with Gasteiger partial charge in [0.2, 0.25) is 10.0 Å². The highest BCUT2D eigenvalue weighted by atomic mass is 35.5. The molecule has 2 aromatic rings. The van der Waals surface area contributed by atoms with Gasteiger partial charge in [-0.3, -0.25) is 4.79 Å². The predicted octanol–water partition coefficient (Wildman–Crippen LogP) is 5.16. The van der Waals surface area contributed by atoms with Crippen molar-refractivity contribution in [2.75, 3.05) is 13.2 Å². The highest BCUT2D eigenvalue weighted by Crippen LogP contribution is 2.32. The van der Waals surface area contributed by atoms with Gasteiger partial charge in [0.15, 0.2) is 0 Å². The predicted molar refractivity (Wildman–Crippen MR) is 107 cm³/mol. The second kappa shape index (κ2) is 10.00. The lowest BCUT2D eigenvalue weighted by Gasteiger charge is -2.23. The molecule has 0 spiro atoms. The number of carbonyl (C=O) groups is 1. The molecule has 0 heterocycles. The zero-order valence-electron chi connectivity index (χ0n) is 15.7. The Labute approximate surface area is 182 Å². The molecule has 0 aliphatic carbocycles. The van der Waals surface area contributed by atoms with Gasteiger partial charge in [0.25, 0.3) is 0 Å². The van der Waals surface area contributed by atoms with E-state index < -0.39 is 32.6 Å². The lowest BCUT2D eigenvalue weighted by atomic mass is 10.2. The van der Waals surface area contributed by atoms with Crippen LogP contribution in [0.4, 0.5) is 13.2 Å². The highest BCUT2D eigenvalue weighted by molar-refractivity contribution is 7.89. The first kappa shape index (κ1) is 24.5. The average molecular weight is 484 g/mol. The number of alkyl halides is 3. The number of nitrogens with zero attached hydrogens (tertiary/aromatic N) is 1. The summed E-state index contributed by atoms with van der Waals surface area (Å²) in [6.07, 6.45) is -5.01. The maximum absolute atomic E-state index is 13.1. The van der Waals surface area contributed by atoms with Gasteiger partial charge in [-0.2, -0.15) is 17.5 Å². The van der Waals surface area contributed by atoms with E-state index in [1.807, 2.05) is 0 Å². The second-order valence-corrected chi connectivity index (χ2v) is 8.87. The number of hydrogen-bond donors (Lipinski definition) is 0. The zero-order chi connectivity index (χ0) is 22.5. The molecule has 2 aromatic carbocycles. The number of benzene rings is 2. The van der Waals surface area contributed by atoms with Crippen molar-refractivity contribution in [3.05, 3.63) is 63.6 Å². The maximum Gasteiger partial charge on any atom is 0.416 e. The molecule has 0 fully saturated rings. The molecule has 0 aromatic heterocycles. The first-order valence-electron chi connectivity index (χ1n) is 8.72. The number of rotatable bonds is 8. The van der Waals surface area contributed by atoms with Crippen LogP contribution in [-0.4, -0.2) is 31.8 Å². The number of hydrogen-bond acceptors (Lipinski definition) is 4. The van der Waals surface area contributed by atoms with Crippen LogP contribution in [-0.2, 0) is 32.3 Å². The van der Waals surface area contributed by atoms with Crippen LogP contribution in [0.25, 0.3) is 0 Å². The third-order valence-corrected chi connectivity index (χ3v) is 6.62. The summed E-state index contributed by atoms with van der Waals surface area (Å²) < 4.78 is 71.1. The van der Waals surface area contributed by atoms with E-state index in [1.54, 1.807) is 13.0 Å². The van der Waals surface area contributed by atoms with Crippen LogP contribution < -0.4 is 0 Å². The van der Waals surface area contributed by atoms with Crippen molar-refractivity contribution in [3.63, 3.8) is 0 Å². The van der Waals surface area contributed by atoms with Crippen molar-refractivity contribution in [1.29, 1.82) is 0 Å². The smallest absolute Gasteiger partial charge is 0.416 e. The lowest BCUT2D eigenvalue weighted by Crippen LogP contribution is -2.33. The van der Waals surface area contributed by atoms with Gasteiger partial charge in [-0.05, 0) is 37.3 Å². The maximum atomic E-state index is 13.1. The molecule has 164 valence electrons. The minimum Gasteiger partial charge on any atom is -0.466 e. The molecule has 0 N–H and O–H groups in total. The molecule has 0 atom stereocenters. The van der Waals surface area contributed by atoms with E-state index in [4.69, 9.17) is 27.9 Å². The van der Waals surface area contributed by atoms with Crippen molar-refractivity contribution in [3.8, 4) is 0 Å². The molecular formula is C19H18Cl2F3NO4S. The van der Waals surface area contributed by atoms with E-state index in [9.17, 15) is 26.4 Å². The van der Waals surface area contributed by atoms with E-state index in [0.717, 1.165) is 22.5 Å². The van der Waals surface area contributed by atoms with Crippen LogP contribution in [0.5, 0.6) is 0 Å². The molecule has 0 aliphatic heterocycles. The summed E-state index contributed by atoms with van der Waals surface area (Å²) in [5, 5.41) is 0.366. The summed E-state index contributed by atoms with van der Waals surface area (Å²) >= 11 is 12.2.